The SMILES string of the molecule is CC[C@@H](C(=O)NC[C@@H]1CCCO1)N(c1ccc(C)cc1)S(C)(=O)=O. The predicted molar refractivity (Wildman–Crippen MR) is 94.6 cm³/mol. The second-order valence-electron chi connectivity index (χ2n) is 6.20. The smallest absolute Gasteiger partial charge is 0.243 e. The average Bonchev–Trinajstić information content (AvgIpc) is 3.03. The summed E-state index contributed by atoms with van der Waals surface area (Å²) in [6, 6.07) is 6.36. The van der Waals surface area contributed by atoms with Gasteiger partial charge in [-0.2, -0.15) is 0 Å². The first-order chi connectivity index (χ1) is 11.3. The number of carbonyl (C=O) groups is 1. The van der Waals surface area contributed by atoms with E-state index in [2.05, 4.69) is 5.32 Å². The molecular formula is C17H26N2O4S. The van der Waals surface area contributed by atoms with Crippen LogP contribution in [0.2, 0.25) is 0 Å². The maximum Gasteiger partial charge on any atom is 0.243 e. The van der Waals surface area contributed by atoms with E-state index in [1.165, 1.54) is 4.31 Å². The van der Waals surface area contributed by atoms with Gasteiger partial charge in [0.05, 0.1) is 18.0 Å². The van der Waals surface area contributed by atoms with Gasteiger partial charge in [0.2, 0.25) is 15.9 Å². The minimum atomic E-state index is -3.58. The van der Waals surface area contributed by atoms with Crippen LogP contribution in [0.25, 0.3) is 0 Å². The highest BCUT2D eigenvalue weighted by Gasteiger charge is 2.31. The predicted octanol–water partition coefficient (Wildman–Crippen LogP) is 1.83. The van der Waals surface area contributed by atoms with E-state index in [-0.39, 0.29) is 12.0 Å². The Morgan fingerprint density at radius 1 is 1.38 bits per heavy atom. The van der Waals surface area contributed by atoms with Gasteiger partial charge in [0.15, 0.2) is 0 Å². The molecule has 0 unspecified atom stereocenters. The molecule has 0 aromatic heterocycles. The molecule has 0 radical (unpaired) electrons. The second kappa shape index (κ2) is 7.98. The molecule has 1 aromatic rings. The minimum Gasteiger partial charge on any atom is -0.376 e. The highest BCUT2D eigenvalue weighted by atomic mass is 32.2. The van der Waals surface area contributed by atoms with Gasteiger partial charge in [0, 0.05) is 13.2 Å². The number of nitrogens with one attached hydrogen (secondary N) is 1. The average molecular weight is 354 g/mol. The van der Waals surface area contributed by atoms with E-state index in [4.69, 9.17) is 4.74 Å². The van der Waals surface area contributed by atoms with Gasteiger partial charge in [0.1, 0.15) is 6.04 Å². The van der Waals surface area contributed by atoms with E-state index >= 15 is 0 Å². The van der Waals surface area contributed by atoms with Crippen LogP contribution in [0.4, 0.5) is 5.69 Å². The van der Waals surface area contributed by atoms with Crippen LogP contribution in [0.5, 0.6) is 0 Å². The van der Waals surface area contributed by atoms with Crippen molar-refractivity contribution >= 4 is 21.6 Å². The molecule has 0 spiro atoms. The summed E-state index contributed by atoms with van der Waals surface area (Å²) in [5, 5.41) is 2.84. The van der Waals surface area contributed by atoms with Crippen molar-refractivity contribution in [1.29, 1.82) is 0 Å². The first-order valence-electron chi connectivity index (χ1n) is 8.28. The van der Waals surface area contributed by atoms with E-state index in [0.29, 0.717) is 18.7 Å². The third-order valence-electron chi connectivity index (χ3n) is 4.15. The molecule has 2 rings (SSSR count). The van der Waals surface area contributed by atoms with E-state index < -0.39 is 16.1 Å². The quantitative estimate of drug-likeness (QED) is 0.811. The second-order valence-corrected chi connectivity index (χ2v) is 8.06. The molecule has 1 N–H and O–H groups in total. The molecule has 1 aliphatic rings. The largest absolute Gasteiger partial charge is 0.376 e. The molecule has 0 saturated carbocycles. The first-order valence-corrected chi connectivity index (χ1v) is 10.1. The number of amides is 1. The lowest BCUT2D eigenvalue weighted by Gasteiger charge is -2.30. The van der Waals surface area contributed by atoms with Gasteiger partial charge in [-0.1, -0.05) is 24.6 Å². The van der Waals surface area contributed by atoms with Gasteiger partial charge >= 0.3 is 0 Å². The van der Waals surface area contributed by atoms with Crippen LogP contribution in [-0.4, -0.2) is 45.9 Å². The summed E-state index contributed by atoms with van der Waals surface area (Å²) in [5.41, 5.74) is 1.53. The highest BCUT2D eigenvalue weighted by molar-refractivity contribution is 7.92. The summed E-state index contributed by atoms with van der Waals surface area (Å²) >= 11 is 0. The van der Waals surface area contributed by atoms with Gasteiger partial charge in [-0.05, 0) is 38.3 Å². The summed E-state index contributed by atoms with van der Waals surface area (Å²) in [6.07, 6.45) is 3.46. The van der Waals surface area contributed by atoms with Crippen molar-refractivity contribution in [3.63, 3.8) is 0 Å². The van der Waals surface area contributed by atoms with Gasteiger partial charge in [-0.25, -0.2) is 8.42 Å². The molecule has 1 aromatic carbocycles. The molecule has 7 heteroatoms. The van der Waals surface area contributed by atoms with Gasteiger partial charge in [-0.15, -0.1) is 0 Å². The molecular weight excluding hydrogens is 328 g/mol. The van der Waals surface area contributed by atoms with E-state index in [0.717, 1.165) is 31.3 Å². The molecule has 1 saturated heterocycles. The molecule has 1 amide bonds. The van der Waals surface area contributed by atoms with Crippen molar-refractivity contribution in [1.82, 2.24) is 5.32 Å². The number of benzene rings is 1. The molecule has 0 aliphatic carbocycles. The number of hydrogen-bond donors (Lipinski definition) is 1. The molecule has 2 atom stereocenters. The zero-order valence-electron chi connectivity index (χ0n) is 14.5. The van der Waals surface area contributed by atoms with Crippen LogP contribution in [0.1, 0.15) is 31.7 Å². The van der Waals surface area contributed by atoms with E-state index in [1.54, 1.807) is 12.1 Å². The van der Waals surface area contributed by atoms with Crippen LogP contribution < -0.4 is 9.62 Å². The summed E-state index contributed by atoms with van der Waals surface area (Å²) in [4.78, 5) is 12.6. The molecule has 6 nitrogen and oxygen atoms in total. The van der Waals surface area contributed by atoms with E-state index in [9.17, 15) is 13.2 Å². The van der Waals surface area contributed by atoms with Crippen molar-refractivity contribution in [2.45, 2.75) is 45.3 Å². The lowest BCUT2D eigenvalue weighted by atomic mass is 10.1. The zero-order valence-corrected chi connectivity index (χ0v) is 15.3. The number of carbonyl (C=O) groups excluding carboxylic acids is 1. The van der Waals surface area contributed by atoms with Gasteiger partial charge < -0.3 is 10.1 Å². The summed E-state index contributed by atoms with van der Waals surface area (Å²) < 4.78 is 31.3. The minimum absolute atomic E-state index is 0.0255. The fourth-order valence-corrected chi connectivity index (χ4v) is 4.10. The van der Waals surface area contributed by atoms with Crippen molar-refractivity contribution in [3.05, 3.63) is 29.8 Å². The number of hydrogen-bond acceptors (Lipinski definition) is 4. The molecule has 24 heavy (non-hydrogen) atoms. The zero-order chi connectivity index (χ0) is 17.7. The van der Waals surface area contributed by atoms with Crippen LogP contribution in [0.3, 0.4) is 0 Å². The monoisotopic (exact) mass is 354 g/mol. The summed E-state index contributed by atoms with van der Waals surface area (Å²) in [7, 11) is -3.58. The Hall–Kier alpha value is -1.60. The highest BCUT2D eigenvalue weighted by Crippen LogP contribution is 2.23. The van der Waals surface area contributed by atoms with Crippen LogP contribution in [-0.2, 0) is 19.6 Å². The van der Waals surface area contributed by atoms with Gasteiger partial charge in [-0.3, -0.25) is 9.10 Å². The molecule has 1 heterocycles. The Morgan fingerprint density at radius 3 is 2.54 bits per heavy atom. The molecule has 1 aliphatic heterocycles. The van der Waals surface area contributed by atoms with E-state index in [1.807, 2.05) is 26.0 Å². The number of anilines is 1. The van der Waals surface area contributed by atoms with Crippen molar-refractivity contribution in [3.8, 4) is 0 Å². The first kappa shape index (κ1) is 18.7. The van der Waals surface area contributed by atoms with Crippen LogP contribution in [0.15, 0.2) is 24.3 Å². The molecule has 1 fully saturated rings. The molecule has 0 bridgehead atoms. The Morgan fingerprint density at radius 2 is 2.04 bits per heavy atom. The number of rotatable bonds is 7. The van der Waals surface area contributed by atoms with Crippen molar-refractivity contribution < 1.29 is 17.9 Å². The number of sulfonamides is 1. The lowest BCUT2D eigenvalue weighted by Crippen LogP contribution is -2.50. The van der Waals surface area contributed by atoms with Crippen molar-refractivity contribution in [2.24, 2.45) is 0 Å². The number of nitrogens with zero attached hydrogens (tertiary/aromatic N) is 1. The maximum atomic E-state index is 12.6. The Bertz CT molecular complexity index is 652. The number of ether oxygens (including phenoxy) is 1. The Labute approximate surface area is 144 Å². The van der Waals surface area contributed by atoms with Gasteiger partial charge in [0.25, 0.3) is 0 Å². The fourth-order valence-electron chi connectivity index (χ4n) is 2.89. The third kappa shape index (κ3) is 4.70. The summed E-state index contributed by atoms with van der Waals surface area (Å²) in [6.45, 7) is 4.88. The standard InChI is InChI=1S/C17H26N2O4S/c1-4-16(17(20)18-12-15-6-5-11-23-15)19(24(3,21)22)14-9-7-13(2)8-10-14/h7-10,15-16H,4-6,11-12H2,1-3H3,(H,18,20)/t15-,16-/m0/s1. The van der Waals surface area contributed by atoms with Crippen LogP contribution in [0, 0.1) is 6.92 Å². The third-order valence-corrected chi connectivity index (χ3v) is 5.33. The topological polar surface area (TPSA) is 75.7 Å². The maximum absolute atomic E-state index is 12.6. The number of aryl methyl sites for hydroxylation is 1. The lowest BCUT2D eigenvalue weighted by molar-refractivity contribution is -0.122. The molecule has 134 valence electrons. The van der Waals surface area contributed by atoms with Crippen LogP contribution >= 0.6 is 0 Å². The Kier molecular flexibility index (Phi) is 6.23. The van der Waals surface area contributed by atoms with Crippen molar-refractivity contribution in [2.75, 3.05) is 23.7 Å². The normalized spacial score (nSPS) is 19.0. The fraction of sp³-hybridized carbons (Fsp3) is 0.588. The summed E-state index contributed by atoms with van der Waals surface area (Å²) in [5.74, 6) is -0.293. The Balaban J connectivity index is 2.18.